The second kappa shape index (κ2) is 4.04. The molecule has 1 nitrogen and oxygen atoms in total. The van der Waals surface area contributed by atoms with E-state index < -0.39 is 0 Å². The highest BCUT2D eigenvalue weighted by Crippen LogP contribution is 2.30. The fourth-order valence-electron chi connectivity index (χ4n) is 1.25. The molecule has 2 heteroatoms. The first-order chi connectivity index (χ1) is 5.66. The van der Waals surface area contributed by atoms with Gasteiger partial charge in [0.05, 0.1) is 0 Å². The number of nitrogens with zero attached hydrogens (tertiary/aromatic N) is 1. The Bertz CT molecular complexity index is 240. The predicted molar refractivity (Wildman–Crippen MR) is 54.9 cm³/mol. The van der Waals surface area contributed by atoms with Crippen LogP contribution in [-0.4, -0.2) is 4.37 Å². The zero-order chi connectivity index (χ0) is 9.14. The lowest BCUT2D eigenvalue weighted by Crippen LogP contribution is -1.94. The van der Waals surface area contributed by atoms with Crippen molar-refractivity contribution < 1.29 is 0 Å². The minimum atomic E-state index is 0.618. The van der Waals surface area contributed by atoms with E-state index in [-0.39, 0.29) is 0 Å². The second-order valence-electron chi connectivity index (χ2n) is 3.61. The summed E-state index contributed by atoms with van der Waals surface area (Å²) in [5, 5.41) is 0. The summed E-state index contributed by atoms with van der Waals surface area (Å²) in [5.74, 6) is 1.29. The first kappa shape index (κ1) is 9.72. The van der Waals surface area contributed by atoms with Gasteiger partial charge in [-0.15, -0.1) is 0 Å². The third-order valence-corrected chi connectivity index (χ3v) is 3.35. The molecule has 1 aromatic heterocycles. The summed E-state index contributed by atoms with van der Waals surface area (Å²) >= 11 is 1.66. The van der Waals surface area contributed by atoms with Crippen molar-refractivity contribution in [1.82, 2.24) is 4.37 Å². The molecule has 1 rings (SSSR count). The van der Waals surface area contributed by atoms with E-state index in [1.54, 1.807) is 11.5 Å². The molecule has 0 bridgehead atoms. The van der Waals surface area contributed by atoms with Gasteiger partial charge in [-0.25, -0.2) is 4.37 Å². The van der Waals surface area contributed by atoms with E-state index in [1.165, 1.54) is 16.9 Å². The van der Waals surface area contributed by atoms with Crippen molar-refractivity contribution in [3.8, 4) is 0 Å². The SMILES string of the molecule is CCC(C)c1sncc1C(C)C. The minimum Gasteiger partial charge on any atom is -0.201 e. The molecule has 12 heavy (non-hydrogen) atoms. The van der Waals surface area contributed by atoms with E-state index in [2.05, 4.69) is 32.1 Å². The molecule has 68 valence electrons. The summed E-state index contributed by atoms with van der Waals surface area (Å²) in [6, 6.07) is 0. The van der Waals surface area contributed by atoms with Crippen molar-refractivity contribution in [2.45, 2.75) is 46.0 Å². The molecule has 1 aromatic rings. The van der Waals surface area contributed by atoms with Gasteiger partial charge in [0.15, 0.2) is 0 Å². The van der Waals surface area contributed by atoms with Crippen LogP contribution < -0.4 is 0 Å². The zero-order valence-electron chi connectivity index (χ0n) is 8.29. The molecule has 0 aromatic carbocycles. The third kappa shape index (κ3) is 1.86. The van der Waals surface area contributed by atoms with Crippen LogP contribution in [0.3, 0.4) is 0 Å². The van der Waals surface area contributed by atoms with Gasteiger partial charge in [-0.1, -0.05) is 27.7 Å². The van der Waals surface area contributed by atoms with Crippen molar-refractivity contribution in [2.75, 3.05) is 0 Å². The van der Waals surface area contributed by atoms with Crippen LogP contribution in [0.15, 0.2) is 6.20 Å². The Balaban J connectivity index is 2.91. The fraction of sp³-hybridized carbons (Fsp3) is 0.700. The smallest absolute Gasteiger partial charge is 0.0444 e. The lowest BCUT2D eigenvalue weighted by atomic mass is 9.97. The average Bonchev–Trinajstić information content (AvgIpc) is 2.50. The lowest BCUT2D eigenvalue weighted by Gasteiger charge is -2.10. The molecule has 0 saturated heterocycles. The standard InChI is InChI=1S/C10H17NS/c1-5-8(4)10-9(7(2)3)6-11-12-10/h6-8H,5H2,1-4H3. The Labute approximate surface area is 79.0 Å². The molecule has 0 spiro atoms. The lowest BCUT2D eigenvalue weighted by molar-refractivity contribution is 0.724. The predicted octanol–water partition coefficient (Wildman–Crippen LogP) is 3.78. The Morgan fingerprint density at radius 3 is 2.58 bits per heavy atom. The van der Waals surface area contributed by atoms with Crippen molar-refractivity contribution in [2.24, 2.45) is 0 Å². The molecular weight excluding hydrogens is 166 g/mol. The van der Waals surface area contributed by atoms with Crippen LogP contribution in [-0.2, 0) is 0 Å². The van der Waals surface area contributed by atoms with E-state index in [9.17, 15) is 0 Å². The van der Waals surface area contributed by atoms with Crippen LogP contribution in [0.25, 0.3) is 0 Å². The fourth-order valence-corrected chi connectivity index (χ4v) is 2.27. The monoisotopic (exact) mass is 183 g/mol. The van der Waals surface area contributed by atoms with E-state index >= 15 is 0 Å². The topological polar surface area (TPSA) is 12.9 Å². The van der Waals surface area contributed by atoms with Crippen molar-refractivity contribution in [3.05, 3.63) is 16.6 Å². The van der Waals surface area contributed by atoms with Crippen LogP contribution in [0.1, 0.15) is 56.4 Å². The van der Waals surface area contributed by atoms with Gasteiger partial charge in [0.25, 0.3) is 0 Å². The van der Waals surface area contributed by atoms with Gasteiger partial charge in [-0.2, -0.15) is 0 Å². The quantitative estimate of drug-likeness (QED) is 0.695. The molecule has 0 amide bonds. The molecular formula is C10H17NS. The Hall–Kier alpha value is -0.370. The Kier molecular flexibility index (Phi) is 3.27. The molecule has 1 atom stereocenters. The maximum atomic E-state index is 4.25. The highest BCUT2D eigenvalue weighted by molar-refractivity contribution is 7.06. The van der Waals surface area contributed by atoms with Gasteiger partial charge in [0, 0.05) is 11.1 Å². The number of rotatable bonds is 3. The van der Waals surface area contributed by atoms with Crippen molar-refractivity contribution in [3.63, 3.8) is 0 Å². The molecule has 0 aliphatic carbocycles. The Morgan fingerprint density at radius 2 is 2.08 bits per heavy atom. The minimum absolute atomic E-state index is 0.618. The van der Waals surface area contributed by atoms with Crippen LogP contribution in [0, 0.1) is 0 Å². The van der Waals surface area contributed by atoms with Crippen molar-refractivity contribution >= 4 is 11.5 Å². The Morgan fingerprint density at radius 1 is 1.42 bits per heavy atom. The largest absolute Gasteiger partial charge is 0.201 e. The van der Waals surface area contributed by atoms with E-state index in [0.29, 0.717) is 11.8 Å². The molecule has 0 radical (unpaired) electrons. The molecule has 0 N–H and O–H groups in total. The van der Waals surface area contributed by atoms with Crippen molar-refractivity contribution in [1.29, 1.82) is 0 Å². The van der Waals surface area contributed by atoms with E-state index in [1.807, 2.05) is 6.20 Å². The maximum absolute atomic E-state index is 4.25. The molecule has 1 unspecified atom stereocenters. The maximum Gasteiger partial charge on any atom is 0.0444 e. The number of hydrogen-bond donors (Lipinski definition) is 0. The molecule has 1 heterocycles. The van der Waals surface area contributed by atoms with Gasteiger partial charge in [0.2, 0.25) is 0 Å². The molecule has 0 fully saturated rings. The van der Waals surface area contributed by atoms with Crippen LogP contribution in [0.2, 0.25) is 0 Å². The third-order valence-electron chi connectivity index (χ3n) is 2.31. The summed E-state index contributed by atoms with van der Waals surface area (Å²) in [4.78, 5) is 1.48. The van der Waals surface area contributed by atoms with E-state index in [4.69, 9.17) is 0 Å². The average molecular weight is 183 g/mol. The normalized spacial score (nSPS) is 13.8. The summed E-state index contributed by atoms with van der Waals surface area (Å²) in [7, 11) is 0. The molecule has 0 aliphatic rings. The first-order valence-corrected chi connectivity index (χ1v) is 5.38. The second-order valence-corrected chi connectivity index (χ2v) is 4.44. The summed E-state index contributed by atoms with van der Waals surface area (Å²) < 4.78 is 4.25. The van der Waals surface area contributed by atoms with Crippen LogP contribution >= 0.6 is 11.5 Å². The van der Waals surface area contributed by atoms with Gasteiger partial charge < -0.3 is 0 Å². The van der Waals surface area contributed by atoms with Gasteiger partial charge in [-0.3, -0.25) is 0 Å². The molecule has 0 saturated carbocycles. The first-order valence-electron chi connectivity index (χ1n) is 4.61. The summed E-state index contributed by atoms with van der Waals surface area (Å²) in [6.45, 7) is 8.97. The number of aromatic nitrogens is 1. The number of hydrogen-bond acceptors (Lipinski definition) is 2. The molecule has 0 aliphatic heterocycles. The van der Waals surface area contributed by atoms with Gasteiger partial charge in [0.1, 0.15) is 0 Å². The van der Waals surface area contributed by atoms with Crippen LogP contribution in [0.4, 0.5) is 0 Å². The highest BCUT2D eigenvalue weighted by atomic mass is 32.1. The van der Waals surface area contributed by atoms with E-state index in [0.717, 1.165) is 0 Å². The summed E-state index contributed by atoms with van der Waals surface area (Å²) in [6.07, 6.45) is 3.23. The zero-order valence-corrected chi connectivity index (χ0v) is 9.11. The highest BCUT2D eigenvalue weighted by Gasteiger charge is 2.13. The van der Waals surface area contributed by atoms with Gasteiger partial charge in [-0.05, 0) is 35.4 Å². The van der Waals surface area contributed by atoms with Gasteiger partial charge >= 0.3 is 0 Å². The van der Waals surface area contributed by atoms with Crippen LogP contribution in [0.5, 0.6) is 0 Å². The summed E-state index contributed by atoms with van der Waals surface area (Å²) in [5.41, 5.74) is 1.44.